The van der Waals surface area contributed by atoms with Crippen molar-refractivity contribution in [1.29, 1.82) is 0 Å². The number of nitroso groups, excluding NO2 is 1. The van der Waals surface area contributed by atoms with Gasteiger partial charge in [-0.1, -0.05) is 18.2 Å². The summed E-state index contributed by atoms with van der Waals surface area (Å²) in [6.45, 7) is 1.11. The van der Waals surface area contributed by atoms with E-state index in [9.17, 15) is 14.1 Å². The first-order valence-electron chi connectivity index (χ1n) is 12.2. The molecule has 0 spiro atoms. The standard InChI is InChI=1S/C26H31FN4O3/c27-14-18-12-20(8-11-25(18)29-33)28-19-6-9-24(10-7-19)34-17-26(32)31-16-22-13-23(31)15-30(22)21-4-2-1-3-5-21/h1-5,8,11-12,19,22-24,28H,6-7,9-10,13-17H2. The first-order valence-corrected chi connectivity index (χ1v) is 12.2. The number of anilines is 2. The van der Waals surface area contributed by atoms with Crippen molar-refractivity contribution < 1.29 is 13.9 Å². The third-order valence-corrected chi connectivity index (χ3v) is 7.46. The zero-order chi connectivity index (χ0) is 23.5. The molecular weight excluding hydrogens is 435 g/mol. The second kappa shape index (κ2) is 10.1. The first-order chi connectivity index (χ1) is 16.6. The molecular formula is C26H31FN4O3. The number of piperazine rings is 1. The third-order valence-electron chi connectivity index (χ3n) is 7.46. The lowest BCUT2D eigenvalue weighted by Gasteiger charge is -2.36. The number of hydrogen-bond donors (Lipinski definition) is 1. The molecule has 2 aliphatic heterocycles. The average molecular weight is 467 g/mol. The minimum atomic E-state index is -0.714. The third kappa shape index (κ3) is 4.78. The molecule has 2 atom stereocenters. The molecule has 2 aromatic carbocycles. The number of nitrogens with zero attached hydrogens (tertiary/aromatic N) is 3. The average Bonchev–Trinajstić information content (AvgIpc) is 3.50. The van der Waals surface area contributed by atoms with Crippen LogP contribution in [0.5, 0.6) is 0 Å². The van der Waals surface area contributed by atoms with Crippen molar-refractivity contribution >= 4 is 23.0 Å². The number of carbonyl (C=O) groups is 1. The zero-order valence-corrected chi connectivity index (χ0v) is 19.2. The molecule has 8 heteroatoms. The number of fused-ring (bicyclic) bond motifs is 2. The molecule has 180 valence electrons. The van der Waals surface area contributed by atoms with Crippen LogP contribution in [0, 0.1) is 4.91 Å². The fraction of sp³-hybridized carbons (Fsp3) is 0.500. The summed E-state index contributed by atoms with van der Waals surface area (Å²) in [7, 11) is 0. The summed E-state index contributed by atoms with van der Waals surface area (Å²) in [6, 6.07) is 16.3. The Morgan fingerprint density at radius 2 is 1.85 bits per heavy atom. The van der Waals surface area contributed by atoms with E-state index >= 15 is 0 Å². The first kappa shape index (κ1) is 22.8. The maximum absolute atomic E-state index is 13.1. The van der Waals surface area contributed by atoms with Gasteiger partial charge in [0.05, 0.1) is 12.1 Å². The maximum Gasteiger partial charge on any atom is 0.248 e. The summed E-state index contributed by atoms with van der Waals surface area (Å²) in [5, 5.41) is 6.29. The molecule has 1 aliphatic carbocycles. The molecule has 0 radical (unpaired) electrons. The van der Waals surface area contributed by atoms with Gasteiger partial charge in [-0.2, -0.15) is 0 Å². The molecule has 7 nitrogen and oxygen atoms in total. The number of halogens is 1. The van der Waals surface area contributed by atoms with Gasteiger partial charge in [-0.15, -0.1) is 4.91 Å². The van der Waals surface area contributed by atoms with Crippen LogP contribution in [-0.2, 0) is 16.2 Å². The number of nitrogens with one attached hydrogen (secondary N) is 1. The minimum Gasteiger partial charge on any atom is -0.382 e. The van der Waals surface area contributed by atoms with Crippen molar-refractivity contribution in [3.8, 4) is 0 Å². The second-order valence-electron chi connectivity index (χ2n) is 9.57. The number of alkyl halides is 1. The Hall–Kier alpha value is -3.00. The lowest BCUT2D eigenvalue weighted by atomic mass is 9.92. The largest absolute Gasteiger partial charge is 0.382 e. The van der Waals surface area contributed by atoms with E-state index in [0.717, 1.165) is 50.9 Å². The molecule has 2 unspecified atom stereocenters. The maximum atomic E-state index is 13.1. The van der Waals surface area contributed by atoms with Gasteiger partial charge in [-0.05, 0) is 67.6 Å². The topological polar surface area (TPSA) is 74.2 Å². The fourth-order valence-corrected chi connectivity index (χ4v) is 5.66. The number of carbonyl (C=O) groups excluding carboxylic acids is 1. The van der Waals surface area contributed by atoms with E-state index in [4.69, 9.17) is 4.74 Å². The highest BCUT2D eigenvalue weighted by atomic mass is 19.1. The van der Waals surface area contributed by atoms with Crippen LogP contribution in [0.15, 0.2) is 53.7 Å². The SMILES string of the molecule is O=Nc1ccc(NC2CCC(OCC(=O)N3CC4CC3CN4c3ccccc3)CC2)cc1CF. The molecule has 34 heavy (non-hydrogen) atoms. The molecule has 3 aliphatic rings. The van der Waals surface area contributed by atoms with Crippen molar-refractivity contribution in [2.45, 2.75) is 63.0 Å². The van der Waals surface area contributed by atoms with E-state index in [0.29, 0.717) is 11.6 Å². The lowest BCUT2D eigenvalue weighted by Crippen LogP contribution is -2.50. The Balaban J connectivity index is 1.05. The van der Waals surface area contributed by atoms with Gasteiger partial charge in [-0.25, -0.2) is 4.39 Å². The highest BCUT2D eigenvalue weighted by Crippen LogP contribution is 2.35. The van der Waals surface area contributed by atoms with Crippen molar-refractivity contribution in [3.63, 3.8) is 0 Å². The number of amides is 1. The monoisotopic (exact) mass is 466 g/mol. The molecule has 2 saturated heterocycles. The van der Waals surface area contributed by atoms with E-state index in [2.05, 4.69) is 39.7 Å². The highest BCUT2D eigenvalue weighted by Gasteiger charge is 2.45. The number of benzene rings is 2. The normalized spacial score (nSPS) is 26.0. The summed E-state index contributed by atoms with van der Waals surface area (Å²) in [5.74, 6) is 0.100. The predicted octanol–water partition coefficient (Wildman–Crippen LogP) is 4.78. The number of para-hydroxylation sites is 1. The van der Waals surface area contributed by atoms with E-state index in [1.54, 1.807) is 18.2 Å². The molecule has 1 N–H and O–H groups in total. The second-order valence-corrected chi connectivity index (χ2v) is 9.57. The van der Waals surface area contributed by atoms with Crippen molar-refractivity contribution in [2.75, 3.05) is 29.9 Å². The van der Waals surface area contributed by atoms with Gasteiger partial charge in [0.15, 0.2) is 0 Å². The van der Waals surface area contributed by atoms with Gasteiger partial charge < -0.3 is 19.9 Å². The Labute approximate surface area is 199 Å². The van der Waals surface area contributed by atoms with Crippen molar-refractivity contribution in [2.24, 2.45) is 5.18 Å². The number of hydrogen-bond acceptors (Lipinski definition) is 6. The van der Waals surface area contributed by atoms with Crippen LogP contribution in [0.3, 0.4) is 0 Å². The van der Waals surface area contributed by atoms with Crippen LogP contribution in [0.2, 0.25) is 0 Å². The number of likely N-dealkylation sites (tertiary alicyclic amines) is 1. The molecule has 1 saturated carbocycles. The summed E-state index contributed by atoms with van der Waals surface area (Å²) < 4.78 is 19.1. The van der Waals surface area contributed by atoms with E-state index in [1.807, 2.05) is 11.0 Å². The van der Waals surface area contributed by atoms with Crippen LogP contribution in [0.25, 0.3) is 0 Å². The quantitative estimate of drug-likeness (QED) is 0.567. The van der Waals surface area contributed by atoms with Crippen LogP contribution < -0.4 is 10.2 Å². The Bertz CT molecular complexity index is 1010. The van der Waals surface area contributed by atoms with Crippen LogP contribution in [0.4, 0.5) is 21.5 Å². The zero-order valence-electron chi connectivity index (χ0n) is 19.2. The molecule has 0 aromatic heterocycles. The molecule has 5 rings (SSSR count). The summed E-state index contributed by atoms with van der Waals surface area (Å²) in [6.07, 6.45) is 4.71. The van der Waals surface area contributed by atoms with E-state index in [-0.39, 0.29) is 36.4 Å². The highest BCUT2D eigenvalue weighted by molar-refractivity contribution is 5.79. The van der Waals surface area contributed by atoms with Gasteiger partial charge in [-0.3, -0.25) is 4.79 Å². The number of rotatable bonds is 8. The molecule has 2 heterocycles. The van der Waals surface area contributed by atoms with Crippen molar-refractivity contribution in [3.05, 3.63) is 59.0 Å². The lowest BCUT2D eigenvalue weighted by molar-refractivity contribution is -0.140. The van der Waals surface area contributed by atoms with Crippen molar-refractivity contribution in [1.82, 2.24) is 4.90 Å². The number of ether oxygens (including phenoxy) is 1. The summed E-state index contributed by atoms with van der Waals surface area (Å²) in [5.41, 5.74) is 2.49. The Kier molecular flexibility index (Phi) is 6.76. The van der Waals surface area contributed by atoms with Gasteiger partial charge in [0.25, 0.3) is 0 Å². The fourth-order valence-electron chi connectivity index (χ4n) is 5.66. The molecule has 3 fully saturated rings. The minimum absolute atomic E-state index is 0.0886. The van der Waals surface area contributed by atoms with Crippen LogP contribution >= 0.6 is 0 Å². The van der Waals surface area contributed by atoms with Gasteiger partial charge >= 0.3 is 0 Å². The van der Waals surface area contributed by atoms with Crippen LogP contribution in [-0.4, -0.2) is 54.7 Å². The van der Waals surface area contributed by atoms with E-state index in [1.165, 1.54) is 5.69 Å². The Morgan fingerprint density at radius 3 is 2.53 bits per heavy atom. The summed E-state index contributed by atoms with van der Waals surface area (Å²) in [4.78, 5) is 28.0. The molecule has 1 amide bonds. The van der Waals surface area contributed by atoms with Gasteiger partial charge in [0.1, 0.15) is 19.0 Å². The van der Waals surface area contributed by atoms with E-state index < -0.39 is 6.67 Å². The molecule has 2 aromatic rings. The van der Waals surface area contributed by atoms with Gasteiger partial charge in [0, 0.05) is 42.1 Å². The van der Waals surface area contributed by atoms with Crippen LogP contribution in [0.1, 0.15) is 37.7 Å². The van der Waals surface area contributed by atoms with Gasteiger partial charge in [0.2, 0.25) is 5.91 Å². The smallest absolute Gasteiger partial charge is 0.248 e. The summed E-state index contributed by atoms with van der Waals surface area (Å²) >= 11 is 0. The molecule has 2 bridgehead atoms. The predicted molar refractivity (Wildman–Crippen MR) is 130 cm³/mol. The Morgan fingerprint density at radius 1 is 1.06 bits per heavy atom.